The summed E-state index contributed by atoms with van der Waals surface area (Å²) in [4.78, 5) is 11.8. The summed E-state index contributed by atoms with van der Waals surface area (Å²) < 4.78 is 37.9. The molecule has 0 aliphatic heterocycles. The number of guanidine groups is 1. The van der Waals surface area contributed by atoms with Crippen molar-refractivity contribution in [1.29, 1.82) is 0 Å². The molecule has 0 amide bonds. The summed E-state index contributed by atoms with van der Waals surface area (Å²) in [7, 11) is 0. The molecule has 7 nitrogen and oxygen atoms in total. The third-order valence-corrected chi connectivity index (χ3v) is 3.73. The Kier molecular flexibility index (Phi) is 13.9. The quantitative estimate of drug-likeness (QED) is 0.156. The van der Waals surface area contributed by atoms with E-state index < -0.39 is 11.9 Å². The van der Waals surface area contributed by atoms with E-state index >= 15 is 0 Å². The SMILES string of the molecule is CCCC(CCO)CN=C(NCC)NCCNc1nccc(C(F)(F)F)n1.I. The van der Waals surface area contributed by atoms with Gasteiger partial charge in [-0.2, -0.15) is 13.2 Å². The van der Waals surface area contributed by atoms with Crippen molar-refractivity contribution in [2.45, 2.75) is 39.3 Å². The highest BCUT2D eigenvalue weighted by Crippen LogP contribution is 2.27. The summed E-state index contributed by atoms with van der Waals surface area (Å²) in [6.07, 6.45) is -0.674. The predicted octanol–water partition coefficient (Wildman–Crippen LogP) is 2.88. The maximum atomic E-state index is 12.6. The van der Waals surface area contributed by atoms with Crippen LogP contribution in [0.2, 0.25) is 0 Å². The fraction of sp³-hybridized carbons (Fsp3) is 0.706. The summed E-state index contributed by atoms with van der Waals surface area (Å²) in [6.45, 7) is 6.25. The molecule has 1 aromatic heterocycles. The van der Waals surface area contributed by atoms with Crippen LogP contribution in [-0.4, -0.2) is 53.8 Å². The molecule has 28 heavy (non-hydrogen) atoms. The maximum Gasteiger partial charge on any atom is 0.433 e. The van der Waals surface area contributed by atoms with Gasteiger partial charge in [0.15, 0.2) is 5.96 Å². The number of alkyl halides is 3. The Morgan fingerprint density at radius 3 is 2.57 bits per heavy atom. The molecule has 0 aliphatic rings. The van der Waals surface area contributed by atoms with Gasteiger partial charge in [-0.3, -0.25) is 4.99 Å². The highest BCUT2D eigenvalue weighted by molar-refractivity contribution is 14.0. The minimum absolute atomic E-state index is 0. The number of aliphatic imine (C=N–C) groups is 1. The molecule has 0 saturated carbocycles. The second-order valence-corrected chi connectivity index (χ2v) is 6.00. The van der Waals surface area contributed by atoms with E-state index in [4.69, 9.17) is 5.11 Å². The Balaban J connectivity index is 0.00000729. The third kappa shape index (κ3) is 10.8. The van der Waals surface area contributed by atoms with E-state index in [9.17, 15) is 13.2 Å². The number of aliphatic hydroxyl groups is 1. The lowest BCUT2D eigenvalue weighted by atomic mass is 10.0. The molecule has 1 atom stereocenters. The molecule has 0 aromatic carbocycles. The second kappa shape index (κ2) is 14.6. The normalized spacial score (nSPS) is 12.9. The monoisotopic (exact) mass is 518 g/mol. The van der Waals surface area contributed by atoms with E-state index in [0.717, 1.165) is 25.1 Å². The van der Waals surface area contributed by atoms with Gasteiger partial charge in [0.1, 0.15) is 5.69 Å². The number of nitrogens with zero attached hydrogens (tertiary/aromatic N) is 3. The molecule has 0 fully saturated rings. The third-order valence-electron chi connectivity index (χ3n) is 3.73. The first-order valence-electron chi connectivity index (χ1n) is 9.17. The summed E-state index contributed by atoms with van der Waals surface area (Å²) in [5.41, 5.74) is -0.978. The van der Waals surface area contributed by atoms with Crippen LogP contribution in [0.3, 0.4) is 0 Å². The maximum absolute atomic E-state index is 12.6. The van der Waals surface area contributed by atoms with Crippen LogP contribution in [-0.2, 0) is 6.18 Å². The average molecular weight is 518 g/mol. The number of halogens is 4. The number of anilines is 1. The Labute approximate surface area is 181 Å². The molecule has 0 radical (unpaired) electrons. The zero-order chi connectivity index (χ0) is 20.1. The zero-order valence-electron chi connectivity index (χ0n) is 16.2. The van der Waals surface area contributed by atoms with Gasteiger partial charge in [0.2, 0.25) is 5.95 Å². The van der Waals surface area contributed by atoms with Crippen molar-refractivity contribution >= 4 is 35.9 Å². The van der Waals surface area contributed by atoms with E-state index in [0.29, 0.717) is 44.5 Å². The summed E-state index contributed by atoms with van der Waals surface area (Å²) in [6, 6.07) is 0.832. The lowest BCUT2D eigenvalue weighted by Crippen LogP contribution is -2.40. The van der Waals surface area contributed by atoms with E-state index in [1.165, 1.54) is 0 Å². The van der Waals surface area contributed by atoms with Crippen LogP contribution in [0, 0.1) is 5.92 Å². The van der Waals surface area contributed by atoms with Crippen LogP contribution in [0.1, 0.15) is 38.8 Å². The molecular formula is C17H30F3IN6O. The Morgan fingerprint density at radius 2 is 1.96 bits per heavy atom. The van der Waals surface area contributed by atoms with Crippen LogP contribution < -0.4 is 16.0 Å². The van der Waals surface area contributed by atoms with Gasteiger partial charge < -0.3 is 21.1 Å². The van der Waals surface area contributed by atoms with Crippen molar-refractivity contribution in [2.24, 2.45) is 10.9 Å². The Bertz CT molecular complexity index is 568. The van der Waals surface area contributed by atoms with E-state index in [2.05, 4.69) is 37.8 Å². The van der Waals surface area contributed by atoms with E-state index in [1.807, 2.05) is 6.92 Å². The van der Waals surface area contributed by atoms with Crippen LogP contribution >= 0.6 is 24.0 Å². The molecule has 1 heterocycles. The molecule has 4 N–H and O–H groups in total. The van der Waals surface area contributed by atoms with Crippen molar-refractivity contribution in [3.05, 3.63) is 18.0 Å². The standard InChI is InChI=1S/C17H29F3N6O.HI/c1-3-5-13(7-11-27)12-25-15(21-4-2)23-9-10-24-16-22-8-6-14(26-16)17(18,19)20;/h6,8,13,27H,3-5,7,9-12H2,1-2H3,(H2,21,23,25)(H,22,24,26);1H. The van der Waals surface area contributed by atoms with Crippen LogP contribution in [0.5, 0.6) is 0 Å². The second-order valence-electron chi connectivity index (χ2n) is 6.00. The van der Waals surface area contributed by atoms with Crippen molar-refractivity contribution in [3.8, 4) is 0 Å². The number of nitrogens with one attached hydrogen (secondary N) is 3. The van der Waals surface area contributed by atoms with Gasteiger partial charge >= 0.3 is 6.18 Å². The molecular weight excluding hydrogens is 488 g/mol. The number of hydrogen-bond acceptors (Lipinski definition) is 5. The number of aliphatic hydroxyl groups excluding tert-OH is 1. The van der Waals surface area contributed by atoms with Crippen molar-refractivity contribution in [1.82, 2.24) is 20.6 Å². The largest absolute Gasteiger partial charge is 0.433 e. The molecule has 11 heteroatoms. The van der Waals surface area contributed by atoms with Gasteiger partial charge in [0, 0.05) is 39.0 Å². The highest BCUT2D eigenvalue weighted by atomic mass is 127. The Hall–Kier alpha value is -1.37. The van der Waals surface area contributed by atoms with Gasteiger partial charge in [-0.1, -0.05) is 13.3 Å². The minimum atomic E-state index is -4.49. The van der Waals surface area contributed by atoms with Gasteiger partial charge in [0.25, 0.3) is 0 Å². The van der Waals surface area contributed by atoms with Gasteiger partial charge in [-0.25, -0.2) is 9.97 Å². The Morgan fingerprint density at radius 1 is 1.21 bits per heavy atom. The molecule has 0 bridgehead atoms. The molecule has 0 spiro atoms. The van der Waals surface area contributed by atoms with Crippen LogP contribution in [0.4, 0.5) is 19.1 Å². The molecule has 1 aromatic rings. The van der Waals surface area contributed by atoms with Crippen molar-refractivity contribution in [3.63, 3.8) is 0 Å². The highest BCUT2D eigenvalue weighted by Gasteiger charge is 2.32. The van der Waals surface area contributed by atoms with Gasteiger partial charge in [-0.05, 0) is 31.7 Å². The number of hydrogen-bond donors (Lipinski definition) is 4. The minimum Gasteiger partial charge on any atom is -0.396 e. The smallest absolute Gasteiger partial charge is 0.396 e. The first-order valence-corrected chi connectivity index (χ1v) is 9.17. The lowest BCUT2D eigenvalue weighted by Gasteiger charge is -2.15. The van der Waals surface area contributed by atoms with Gasteiger partial charge in [-0.15, -0.1) is 24.0 Å². The topological polar surface area (TPSA) is 94.5 Å². The van der Waals surface area contributed by atoms with Crippen LogP contribution in [0.15, 0.2) is 17.3 Å². The summed E-state index contributed by atoms with van der Waals surface area (Å²) in [5.74, 6) is 0.884. The molecule has 162 valence electrons. The fourth-order valence-electron chi connectivity index (χ4n) is 2.44. The van der Waals surface area contributed by atoms with Crippen LogP contribution in [0.25, 0.3) is 0 Å². The van der Waals surface area contributed by atoms with Crippen molar-refractivity contribution in [2.75, 3.05) is 38.1 Å². The fourth-order valence-corrected chi connectivity index (χ4v) is 2.44. The van der Waals surface area contributed by atoms with Gasteiger partial charge in [0.05, 0.1) is 0 Å². The summed E-state index contributed by atoms with van der Waals surface area (Å²) in [5, 5.41) is 18.1. The first kappa shape index (κ1) is 26.6. The molecule has 1 unspecified atom stereocenters. The van der Waals surface area contributed by atoms with E-state index in [1.54, 1.807) is 0 Å². The number of aromatic nitrogens is 2. The summed E-state index contributed by atoms with van der Waals surface area (Å²) >= 11 is 0. The van der Waals surface area contributed by atoms with E-state index in [-0.39, 0.29) is 36.5 Å². The molecule has 0 saturated heterocycles. The molecule has 0 aliphatic carbocycles. The molecule has 1 rings (SSSR count). The number of rotatable bonds is 11. The average Bonchev–Trinajstić information content (AvgIpc) is 2.63. The van der Waals surface area contributed by atoms with Crippen molar-refractivity contribution < 1.29 is 18.3 Å². The predicted molar refractivity (Wildman–Crippen MR) is 115 cm³/mol. The zero-order valence-corrected chi connectivity index (χ0v) is 18.6. The lowest BCUT2D eigenvalue weighted by molar-refractivity contribution is -0.141. The first-order chi connectivity index (χ1) is 12.9.